The minimum absolute atomic E-state index is 0.0940. The van der Waals surface area contributed by atoms with Gasteiger partial charge in [0.25, 0.3) is 5.56 Å². The molecule has 1 amide bonds. The summed E-state index contributed by atoms with van der Waals surface area (Å²) in [7, 11) is 0. The molecular formula is C20H21N3O4S. The Labute approximate surface area is 165 Å². The maximum absolute atomic E-state index is 12.7. The molecule has 0 bridgehead atoms. The third kappa shape index (κ3) is 3.35. The number of amides is 1. The van der Waals surface area contributed by atoms with Crippen molar-refractivity contribution in [1.29, 1.82) is 0 Å². The minimum atomic E-state index is -0.180. The first kappa shape index (κ1) is 18.5. The van der Waals surface area contributed by atoms with Crippen molar-refractivity contribution in [3.63, 3.8) is 0 Å². The van der Waals surface area contributed by atoms with Crippen molar-refractivity contribution in [3.8, 4) is 11.5 Å². The highest BCUT2D eigenvalue weighted by Gasteiger charge is 2.17. The highest BCUT2D eigenvalue weighted by Crippen LogP contribution is 2.34. The molecule has 28 heavy (non-hydrogen) atoms. The van der Waals surface area contributed by atoms with Crippen molar-refractivity contribution in [2.75, 3.05) is 6.79 Å². The van der Waals surface area contributed by atoms with Crippen molar-refractivity contribution in [2.45, 2.75) is 39.8 Å². The normalized spacial score (nSPS) is 13.7. The fourth-order valence-electron chi connectivity index (χ4n) is 3.23. The third-order valence-electron chi connectivity index (χ3n) is 5.01. The molecule has 8 heteroatoms. The maximum atomic E-state index is 12.7. The van der Waals surface area contributed by atoms with Crippen molar-refractivity contribution in [3.05, 3.63) is 50.9 Å². The van der Waals surface area contributed by atoms with Crippen LogP contribution in [0.1, 0.15) is 35.4 Å². The Morgan fingerprint density at radius 1 is 1.32 bits per heavy atom. The zero-order valence-electron chi connectivity index (χ0n) is 15.9. The van der Waals surface area contributed by atoms with E-state index in [1.54, 1.807) is 0 Å². The van der Waals surface area contributed by atoms with E-state index in [4.69, 9.17) is 9.47 Å². The predicted octanol–water partition coefficient (Wildman–Crippen LogP) is 3.07. The number of hydrogen-bond donors (Lipinski definition) is 1. The topological polar surface area (TPSA) is 82.5 Å². The summed E-state index contributed by atoms with van der Waals surface area (Å²) < 4.78 is 12.2. The van der Waals surface area contributed by atoms with Gasteiger partial charge in [-0.2, -0.15) is 0 Å². The molecule has 0 aliphatic carbocycles. The molecule has 1 atom stereocenters. The van der Waals surface area contributed by atoms with Gasteiger partial charge in [0.1, 0.15) is 4.83 Å². The molecule has 4 rings (SSSR count). The highest BCUT2D eigenvalue weighted by atomic mass is 32.1. The Balaban J connectivity index is 1.42. The van der Waals surface area contributed by atoms with Crippen molar-refractivity contribution < 1.29 is 14.3 Å². The van der Waals surface area contributed by atoms with Gasteiger partial charge in [-0.15, -0.1) is 11.3 Å². The van der Waals surface area contributed by atoms with Crippen LogP contribution in [0.5, 0.6) is 11.5 Å². The number of carbonyl (C=O) groups is 1. The fourth-order valence-corrected chi connectivity index (χ4v) is 4.22. The van der Waals surface area contributed by atoms with Gasteiger partial charge in [-0.1, -0.05) is 6.07 Å². The van der Waals surface area contributed by atoms with Crippen LogP contribution in [0.4, 0.5) is 0 Å². The molecule has 0 fully saturated rings. The van der Waals surface area contributed by atoms with Gasteiger partial charge < -0.3 is 14.8 Å². The van der Waals surface area contributed by atoms with Gasteiger partial charge >= 0.3 is 0 Å². The molecule has 0 saturated heterocycles. The van der Waals surface area contributed by atoms with Gasteiger partial charge in [-0.25, -0.2) is 4.98 Å². The van der Waals surface area contributed by atoms with Crippen LogP contribution in [-0.4, -0.2) is 22.3 Å². The first-order valence-corrected chi connectivity index (χ1v) is 9.89. The summed E-state index contributed by atoms with van der Waals surface area (Å²) in [5.41, 5.74) is 1.80. The minimum Gasteiger partial charge on any atom is -0.454 e. The molecule has 0 saturated carbocycles. The van der Waals surface area contributed by atoms with Gasteiger partial charge in [0, 0.05) is 17.8 Å². The second-order valence-corrected chi connectivity index (χ2v) is 8.06. The number of carbonyl (C=O) groups excluding carboxylic acids is 1. The van der Waals surface area contributed by atoms with E-state index in [2.05, 4.69) is 10.3 Å². The van der Waals surface area contributed by atoms with Gasteiger partial charge in [0.2, 0.25) is 12.7 Å². The second-order valence-electron chi connectivity index (χ2n) is 6.86. The van der Waals surface area contributed by atoms with Crippen molar-refractivity contribution in [1.82, 2.24) is 14.9 Å². The largest absolute Gasteiger partial charge is 0.454 e. The van der Waals surface area contributed by atoms with E-state index in [9.17, 15) is 9.59 Å². The van der Waals surface area contributed by atoms with Crippen LogP contribution in [-0.2, 0) is 11.3 Å². The van der Waals surface area contributed by atoms with Crippen molar-refractivity contribution in [2.24, 2.45) is 0 Å². The molecule has 3 aromatic rings. The Morgan fingerprint density at radius 3 is 2.93 bits per heavy atom. The average molecular weight is 399 g/mol. The van der Waals surface area contributed by atoms with E-state index in [-0.39, 0.29) is 37.3 Å². The van der Waals surface area contributed by atoms with E-state index in [1.165, 1.54) is 22.2 Å². The Kier molecular flexibility index (Phi) is 4.80. The third-order valence-corrected chi connectivity index (χ3v) is 6.12. The molecule has 1 aliphatic rings. The SMILES string of the molecule is Cc1sc2ncn(CCC(=O)N[C@H](C)c3ccc4c(c3)OCO4)c(=O)c2c1C. The lowest BCUT2D eigenvalue weighted by atomic mass is 10.1. The number of ether oxygens (including phenoxy) is 2. The summed E-state index contributed by atoms with van der Waals surface area (Å²) in [6.07, 6.45) is 1.72. The number of benzene rings is 1. The van der Waals surface area contributed by atoms with E-state index >= 15 is 0 Å². The zero-order chi connectivity index (χ0) is 19.8. The second kappa shape index (κ2) is 7.27. The summed E-state index contributed by atoms with van der Waals surface area (Å²) in [5, 5.41) is 3.61. The lowest BCUT2D eigenvalue weighted by Gasteiger charge is -2.15. The highest BCUT2D eigenvalue weighted by molar-refractivity contribution is 7.18. The number of fused-ring (bicyclic) bond motifs is 2. The molecular weight excluding hydrogens is 378 g/mol. The predicted molar refractivity (Wildman–Crippen MR) is 107 cm³/mol. The van der Waals surface area contributed by atoms with E-state index in [0.717, 1.165) is 20.8 Å². The summed E-state index contributed by atoms with van der Waals surface area (Å²) in [4.78, 5) is 31.3. The Bertz CT molecular complexity index is 1120. The van der Waals surface area contributed by atoms with Crippen LogP contribution in [0.15, 0.2) is 29.3 Å². The quantitative estimate of drug-likeness (QED) is 0.713. The van der Waals surface area contributed by atoms with Crippen LogP contribution in [0.3, 0.4) is 0 Å². The van der Waals surface area contributed by atoms with Gasteiger partial charge in [-0.3, -0.25) is 14.2 Å². The number of nitrogens with zero attached hydrogens (tertiary/aromatic N) is 2. The number of hydrogen-bond acceptors (Lipinski definition) is 6. The van der Waals surface area contributed by atoms with Gasteiger partial charge in [-0.05, 0) is 44.0 Å². The van der Waals surface area contributed by atoms with Gasteiger partial charge in [0.15, 0.2) is 11.5 Å². The number of rotatable bonds is 5. The molecule has 146 valence electrons. The van der Waals surface area contributed by atoms with Crippen LogP contribution >= 0.6 is 11.3 Å². The van der Waals surface area contributed by atoms with E-state index in [0.29, 0.717) is 16.9 Å². The average Bonchev–Trinajstić information content (AvgIpc) is 3.25. The number of thiophene rings is 1. The summed E-state index contributed by atoms with van der Waals surface area (Å²) in [6.45, 7) is 6.33. The Hall–Kier alpha value is -2.87. The fraction of sp³-hybridized carbons (Fsp3) is 0.350. The number of nitrogens with one attached hydrogen (secondary N) is 1. The molecule has 2 aromatic heterocycles. The molecule has 1 aliphatic heterocycles. The van der Waals surface area contributed by atoms with Gasteiger partial charge in [0.05, 0.1) is 17.8 Å². The van der Waals surface area contributed by atoms with Crippen LogP contribution in [0.2, 0.25) is 0 Å². The Morgan fingerprint density at radius 2 is 2.11 bits per heavy atom. The summed E-state index contributed by atoms with van der Waals surface area (Å²) in [5.74, 6) is 1.27. The van der Waals surface area contributed by atoms with Crippen LogP contribution < -0.4 is 20.3 Å². The van der Waals surface area contributed by atoms with Crippen molar-refractivity contribution >= 4 is 27.5 Å². The smallest absolute Gasteiger partial charge is 0.262 e. The maximum Gasteiger partial charge on any atom is 0.262 e. The first-order valence-electron chi connectivity index (χ1n) is 9.08. The monoisotopic (exact) mass is 399 g/mol. The van der Waals surface area contributed by atoms with E-state index < -0.39 is 0 Å². The molecule has 0 radical (unpaired) electrons. The molecule has 7 nitrogen and oxygen atoms in total. The standard InChI is InChI=1S/C20H21N3O4S/c1-11-13(3)28-19-18(11)20(25)23(9-21-19)7-6-17(24)22-12(2)14-4-5-15-16(8-14)27-10-26-15/h4-5,8-9,12H,6-7,10H2,1-3H3,(H,22,24)/t12-/m1/s1. The lowest BCUT2D eigenvalue weighted by molar-refractivity contribution is -0.121. The lowest BCUT2D eigenvalue weighted by Crippen LogP contribution is -2.29. The molecule has 3 heterocycles. The first-order chi connectivity index (χ1) is 13.4. The molecule has 0 spiro atoms. The number of aryl methyl sites for hydroxylation is 3. The molecule has 1 N–H and O–H groups in total. The molecule has 0 unspecified atom stereocenters. The van der Waals surface area contributed by atoms with Crippen LogP contribution in [0.25, 0.3) is 10.2 Å². The number of aromatic nitrogens is 2. The van der Waals surface area contributed by atoms with E-state index in [1.807, 2.05) is 39.0 Å². The molecule has 1 aromatic carbocycles. The summed E-state index contributed by atoms with van der Waals surface area (Å²) >= 11 is 1.52. The summed E-state index contributed by atoms with van der Waals surface area (Å²) in [6, 6.07) is 5.44. The zero-order valence-corrected chi connectivity index (χ0v) is 16.8. The van der Waals surface area contributed by atoms with Crippen LogP contribution in [0, 0.1) is 13.8 Å².